The second-order valence-corrected chi connectivity index (χ2v) is 7.64. The van der Waals surface area contributed by atoms with E-state index in [1.54, 1.807) is 36.5 Å². The van der Waals surface area contributed by atoms with E-state index in [4.69, 9.17) is 4.74 Å². The fourth-order valence-corrected chi connectivity index (χ4v) is 4.05. The zero-order chi connectivity index (χ0) is 22.4. The number of halogens is 1. The van der Waals surface area contributed by atoms with Gasteiger partial charge in [0.1, 0.15) is 23.3 Å². The van der Waals surface area contributed by atoms with Gasteiger partial charge in [-0.3, -0.25) is 19.7 Å². The summed E-state index contributed by atoms with van der Waals surface area (Å²) in [6.07, 6.45) is 2.10. The minimum Gasteiger partial charge on any atom is -0.497 e. The number of hydrogen-bond acceptors (Lipinski definition) is 6. The number of nitrogens with zero attached hydrogens (tertiary/aromatic N) is 4. The van der Waals surface area contributed by atoms with Crippen molar-refractivity contribution in [1.82, 2.24) is 25.2 Å². The lowest BCUT2D eigenvalue weighted by Gasteiger charge is -2.29. The maximum Gasteiger partial charge on any atom is 0.255 e. The number of aromatic nitrogens is 3. The first kappa shape index (κ1) is 19.9. The maximum atomic E-state index is 14.4. The van der Waals surface area contributed by atoms with Crippen LogP contribution in [0.25, 0.3) is 16.9 Å². The Labute approximate surface area is 181 Å². The Kier molecular flexibility index (Phi) is 4.69. The van der Waals surface area contributed by atoms with Gasteiger partial charge in [-0.05, 0) is 42.3 Å². The molecule has 0 aliphatic carbocycles. The third-order valence-electron chi connectivity index (χ3n) is 5.72. The van der Waals surface area contributed by atoms with Crippen molar-refractivity contribution < 1.29 is 23.5 Å². The Hall–Kier alpha value is -4.08. The molecule has 3 amide bonds. The molecule has 0 saturated carbocycles. The van der Waals surface area contributed by atoms with Crippen LogP contribution in [0.4, 0.5) is 4.39 Å². The highest BCUT2D eigenvalue weighted by atomic mass is 19.1. The number of benzene rings is 2. The molecular formula is C22H18FN5O4. The fourth-order valence-electron chi connectivity index (χ4n) is 4.05. The van der Waals surface area contributed by atoms with E-state index in [2.05, 4.69) is 15.6 Å². The number of nitrogens with one attached hydrogen (secondary N) is 1. The number of methoxy groups -OCH3 is 1. The van der Waals surface area contributed by atoms with Crippen LogP contribution < -0.4 is 10.1 Å². The number of piperidine rings is 1. The minimum absolute atomic E-state index is 0.200. The van der Waals surface area contributed by atoms with Gasteiger partial charge in [0.25, 0.3) is 5.91 Å². The molecule has 0 radical (unpaired) electrons. The molecule has 3 aromatic rings. The topological polar surface area (TPSA) is 106 Å². The molecule has 1 saturated heterocycles. The number of rotatable bonds is 4. The van der Waals surface area contributed by atoms with Crippen LogP contribution in [0.15, 0.2) is 42.6 Å². The summed E-state index contributed by atoms with van der Waals surface area (Å²) in [5.74, 6) is -1.10. The largest absolute Gasteiger partial charge is 0.497 e. The van der Waals surface area contributed by atoms with Crippen LogP contribution >= 0.6 is 0 Å². The maximum absolute atomic E-state index is 14.4. The number of amides is 3. The molecule has 162 valence electrons. The van der Waals surface area contributed by atoms with Crippen molar-refractivity contribution in [2.24, 2.45) is 0 Å². The molecule has 10 heteroatoms. The second kappa shape index (κ2) is 7.56. The van der Waals surface area contributed by atoms with E-state index in [9.17, 15) is 18.8 Å². The first-order chi connectivity index (χ1) is 15.4. The van der Waals surface area contributed by atoms with Crippen LogP contribution in [0.2, 0.25) is 0 Å². The first-order valence-corrected chi connectivity index (χ1v) is 9.99. The van der Waals surface area contributed by atoms with Gasteiger partial charge >= 0.3 is 0 Å². The predicted molar refractivity (Wildman–Crippen MR) is 109 cm³/mol. The van der Waals surface area contributed by atoms with E-state index in [0.29, 0.717) is 29.1 Å². The normalized spacial score (nSPS) is 18.0. The van der Waals surface area contributed by atoms with Crippen LogP contribution in [0, 0.1) is 5.82 Å². The zero-order valence-electron chi connectivity index (χ0n) is 17.0. The highest BCUT2D eigenvalue weighted by Crippen LogP contribution is 2.30. The Morgan fingerprint density at radius 1 is 1.12 bits per heavy atom. The summed E-state index contributed by atoms with van der Waals surface area (Å²) in [6, 6.07) is 9.00. The van der Waals surface area contributed by atoms with Gasteiger partial charge in [-0.2, -0.15) is 0 Å². The third-order valence-corrected chi connectivity index (χ3v) is 5.72. The molecule has 3 heterocycles. The summed E-state index contributed by atoms with van der Waals surface area (Å²) in [6.45, 7) is 0.253. The van der Waals surface area contributed by atoms with Crippen molar-refractivity contribution in [1.29, 1.82) is 0 Å². The van der Waals surface area contributed by atoms with Gasteiger partial charge in [0.15, 0.2) is 0 Å². The quantitative estimate of drug-likeness (QED) is 0.627. The van der Waals surface area contributed by atoms with Crippen molar-refractivity contribution in [2.45, 2.75) is 25.4 Å². The van der Waals surface area contributed by atoms with E-state index >= 15 is 0 Å². The number of hydrogen-bond donors (Lipinski definition) is 1. The van der Waals surface area contributed by atoms with Gasteiger partial charge < -0.3 is 9.64 Å². The third kappa shape index (κ3) is 3.29. The van der Waals surface area contributed by atoms with Crippen molar-refractivity contribution in [3.8, 4) is 22.7 Å². The lowest BCUT2D eigenvalue weighted by molar-refractivity contribution is -0.136. The van der Waals surface area contributed by atoms with Crippen LogP contribution in [0.1, 0.15) is 28.8 Å². The molecule has 1 unspecified atom stereocenters. The van der Waals surface area contributed by atoms with Crippen LogP contribution in [0.5, 0.6) is 5.75 Å². The summed E-state index contributed by atoms with van der Waals surface area (Å²) >= 11 is 0. The monoisotopic (exact) mass is 435 g/mol. The SMILES string of the molecule is COc1ccc(-c2cn(-c3ccc4c(c3)CN(C3CCC(=O)NC3=O)C4=O)nn2)c(F)c1. The molecule has 2 aromatic carbocycles. The lowest BCUT2D eigenvalue weighted by atomic mass is 10.0. The van der Waals surface area contributed by atoms with E-state index in [1.165, 1.54) is 22.8 Å². The van der Waals surface area contributed by atoms with Gasteiger partial charge in [0.2, 0.25) is 11.8 Å². The van der Waals surface area contributed by atoms with E-state index in [-0.39, 0.29) is 30.3 Å². The molecule has 0 spiro atoms. The Balaban J connectivity index is 1.40. The molecule has 1 atom stereocenters. The summed E-state index contributed by atoms with van der Waals surface area (Å²) in [7, 11) is 1.46. The van der Waals surface area contributed by atoms with Crippen molar-refractivity contribution in [3.63, 3.8) is 0 Å². The molecule has 9 nitrogen and oxygen atoms in total. The van der Waals surface area contributed by atoms with Crippen molar-refractivity contribution >= 4 is 17.7 Å². The second-order valence-electron chi connectivity index (χ2n) is 7.64. The van der Waals surface area contributed by atoms with Crippen molar-refractivity contribution in [3.05, 3.63) is 59.5 Å². The molecule has 5 rings (SSSR count). The van der Waals surface area contributed by atoms with Gasteiger partial charge in [-0.15, -0.1) is 5.10 Å². The summed E-state index contributed by atoms with van der Waals surface area (Å²) in [4.78, 5) is 37.9. The lowest BCUT2D eigenvalue weighted by Crippen LogP contribution is -2.52. The molecule has 2 aliphatic heterocycles. The standard InChI is InChI=1S/C22H18FN5O4/c1-32-14-3-5-16(17(23)9-14)18-11-28(26-25-18)13-2-4-15-12(8-13)10-27(22(15)31)19-6-7-20(29)24-21(19)30/h2-5,8-9,11,19H,6-7,10H2,1H3,(H,24,29,30). The molecule has 0 bridgehead atoms. The van der Waals surface area contributed by atoms with Gasteiger partial charge in [0.05, 0.1) is 19.0 Å². The Morgan fingerprint density at radius 3 is 2.69 bits per heavy atom. The number of carbonyl (C=O) groups excluding carboxylic acids is 3. The average molecular weight is 435 g/mol. The van der Waals surface area contributed by atoms with E-state index in [1.807, 2.05) is 0 Å². The van der Waals surface area contributed by atoms with Crippen LogP contribution in [-0.2, 0) is 16.1 Å². The molecule has 1 fully saturated rings. The number of fused-ring (bicyclic) bond motifs is 1. The molecule has 2 aliphatic rings. The molecule has 1 aromatic heterocycles. The van der Waals surface area contributed by atoms with Crippen LogP contribution in [0.3, 0.4) is 0 Å². The smallest absolute Gasteiger partial charge is 0.255 e. The first-order valence-electron chi connectivity index (χ1n) is 9.99. The molecule has 32 heavy (non-hydrogen) atoms. The fraction of sp³-hybridized carbons (Fsp3) is 0.227. The predicted octanol–water partition coefficient (Wildman–Crippen LogP) is 1.84. The van der Waals surface area contributed by atoms with E-state index < -0.39 is 17.8 Å². The minimum atomic E-state index is -0.674. The highest BCUT2D eigenvalue weighted by Gasteiger charge is 2.39. The van der Waals surface area contributed by atoms with Gasteiger partial charge in [-0.1, -0.05) is 5.21 Å². The molecule has 1 N–H and O–H groups in total. The Bertz CT molecular complexity index is 1270. The highest BCUT2D eigenvalue weighted by molar-refractivity contribution is 6.05. The number of carbonyl (C=O) groups is 3. The zero-order valence-corrected chi connectivity index (χ0v) is 17.0. The Morgan fingerprint density at radius 2 is 1.94 bits per heavy atom. The molecular weight excluding hydrogens is 417 g/mol. The number of imide groups is 1. The van der Waals surface area contributed by atoms with Crippen LogP contribution in [-0.4, -0.2) is 50.8 Å². The summed E-state index contributed by atoms with van der Waals surface area (Å²) < 4.78 is 20.9. The van der Waals surface area contributed by atoms with Gasteiger partial charge in [-0.25, -0.2) is 9.07 Å². The summed E-state index contributed by atoms with van der Waals surface area (Å²) in [5.41, 5.74) is 2.53. The average Bonchev–Trinajstić information content (AvgIpc) is 3.39. The van der Waals surface area contributed by atoms with Gasteiger partial charge in [0, 0.05) is 30.2 Å². The van der Waals surface area contributed by atoms with Crippen molar-refractivity contribution in [2.75, 3.05) is 7.11 Å². The number of ether oxygens (including phenoxy) is 1. The summed E-state index contributed by atoms with van der Waals surface area (Å²) in [5, 5.41) is 10.4. The van der Waals surface area contributed by atoms with E-state index in [0.717, 1.165) is 5.56 Å².